The third-order valence-electron chi connectivity index (χ3n) is 1.25. The molecule has 0 aliphatic rings. The molecule has 0 aliphatic carbocycles. The molecule has 0 amide bonds. The number of halogens is 1. The van der Waals surface area contributed by atoms with Crippen molar-refractivity contribution in [1.82, 2.24) is 0 Å². The number of hydrogen-bond acceptors (Lipinski definition) is 1. The van der Waals surface area contributed by atoms with Gasteiger partial charge >= 0.3 is 23.1 Å². The van der Waals surface area contributed by atoms with Crippen LogP contribution >= 0.6 is 0 Å². The van der Waals surface area contributed by atoms with Crippen LogP contribution < -0.4 is 17.0 Å². The van der Waals surface area contributed by atoms with Crippen molar-refractivity contribution in [2.45, 2.75) is 32.1 Å². The summed E-state index contributed by atoms with van der Waals surface area (Å²) in [6, 6.07) is 0. The number of rotatable bonds is 6. The van der Waals surface area contributed by atoms with Crippen molar-refractivity contribution < 1.29 is 21.4 Å². The van der Waals surface area contributed by atoms with E-state index in [1.807, 2.05) is 0 Å². The van der Waals surface area contributed by atoms with E-state index in [0.717, 1.165) is 19.4 Å². The van der Waals surface area contributed by atoms with Crippen LogP contribution in [0.25, 0.3) is 0 Å². The molecule has 0 bridgehead atoms. The van der Waals surface area contributed by atoms with E-state index >= 15 is 0 Å². The molecule has 0 rings (SSSR count). The molecule has 0 atom stereocenters. The molecular weight excluding hydrogens is 232 g/mol. The summed E-state index contributed by atoms with van der Waals surface area (Å²) in [5.41, 5.74) is 0. The molecule has 0 heterocycles. The molecule has 3 radical (unpaired) electrons. The molecule has 0 fully saturated rings. The molecule has 0 spiro atoms. The third kappa shape index (κ3) is 18.4. The summed E-state index contributed by atoms with van der Waals surface area (Å²) in [5, 5.41) is 0. The Morgan fingerprint density at radius 1 is 1.09 bits per heavy atom. The fourth-order valence-electron chi connectivity index (χ4n) is 0.705. The average Bonchev–Trinajstić information content (AvgIpc) is 1.89. The first-order valence-corrected chi connectivity index (χ1v) is 3.90. The maximum Gasteiger partial charge on any atom is 2.00 e. The first-order valence-electron chi connectivity index (χ1n) is 3.49. The van der Waals surface area contributed by atoms with E-state index in [4.69, 9.17) is 4.43 Å². The molecule has 0 aromatic carbocycles. The second-order valence-electron chi connectivity index (χ2n) is 2.12. The summed E-state index contributed by atoms with van der Waals surface area (Å²) in [6.07, 6.45) is 6.03. The van der Waals surface area contributed by atoms with Gasteiger partial charge in [-0.15, -0.1) is 0 Å². The smallest absolute Gasteiger partial charge is 1.00 e. The van der Waals surface area contributed by atoms with Crippen molar-refractivity contribution in [3.8, 4) is 0 Å². The van der Waals surface area contributed by atoms with E-state index in [2.05, 4.69) is 17.4 Å². The first-order chi connectivity index (χ1) is 4.41. The van der Waals surface area contributed by atoms with Gasteiger partial charge in [0.15, 0.2) is 0 Å². The normalized spacial score (nSPS) is 8.18. The minimum Gasteiger partial charge on any atom is -1.00 e. The summed E-state index contributed by atoms with van der Waals surface area (Å²) in [4.78, 5) is 0. The fraction of sp³-hybridized carbons (Fsp3) is 0.857. The summed E-state index contributed by atoms with van der Waals surface area (Å²) >= 11 is 0. The zero-order chi connectivity index (χ0) is 6.95. The van der Waals surface area contributed by atoms with Crippen LogP contribution in [-0.4, -0.2) is 40.1 Å². The maximum absolute atomic E-state index is 4.71. The predicted molar refractivity (Wildman–Crippen MR) is 45.9 cm³/mol. The van der Waals surface area contributed by atoms with Crippen molar-refractivity contribution in [1.29, 1.82) is 0 Å². The molecule has 1 nitrogen and oxygen atoms in total. The van der Waals surface area contributed by atoms with Gasteiger partial charge < -0.3 is 28.3 Å². The van der Waals surface area contributed by atoms with Gasteiger partial charge in [0, 0.05) is 6.61 Å². The van der Waals surface area contributed by atoms with E-state index in [-0.39, 0.29) is 40.0 Å². The predicted octanol–water partition coefficient (Wildman–Crippen LogP) is -1.51. The van der Waals surface area contributed by atoms with E-state index in [9.17, 15) is 0 Å². The van der Waals surface area contributed by atoms with Crippen LogP contribution in [0.4, 0.5) is 0 Å². The van der Waals surface area contributed by atoms with Crippen LogP contribution in [0.15, 0.2) is 0 Å². The SMILES string of the molecule is [Br-].[CH2-]CCCCCCO[Si].[Mg+2]. The molecule has 0 N–H and O–H groups in total. The van der Waals surface area contributed by atoms with E-state index in [1.54, 1.807) is 0 Å². The van der Waals surface area contributed by atoms with Gasteiger partial charge in [0.25, 0.3) is 0 Å². The third-order valence-corrected chi connectivity index (χ3v) is 1.45. The molecule has 0 aromatic rings. The topological polar surface area (TPSA) is 9.23 Å². The minimum absolute atomic E-state index is 0. The summed E-state index contributed by atoms with van der Waals surface area (Å²) in [5.74, 6) is 0. The van der Waals surface area contributed by atoms with Crippen LogP contribution in [0.3, 0.4) is 0 Å². The standard InChI is InChI=1S/C7H14OSi.BrH.Mg/c1-2-3-4-5-6-7-8-9;;/h1-7H2;1H;/q-1;;+2/p-1. The largest absolute Gasteiger partial charge is 2.00 e. The molecule has 0 saturated heterocycles. The van der Waals surface area contributed by atoms with Gasteiger partial charge in [-0.1, -0.05) is 19.3 Å². The van der Waals surface area contributed by atoms with E-state index < -0.39 is 0 Å². The Morgan fingerprint density at radius 3 is 2.09 bits per heavy atom. The van der Waals surface area contributed by atoms with Gasteiger partial charge in [0.1, 0.15) is 0 Å². The van der Waals surface area contributed by atoms with Crippen LogP contribution in [0.2, 0.25) is 0 Å². The first kappa shape index (κ1) is 18.3. The molecule has 4 heteroatoms. The van der Waals surface area contributed by atoms with Gasteiger partial charge in [0.2, 0.25) is 10.5 Å². The van der Waals surface area contributed by atoms with Gasteiger partial charge in [-0.25, -0.2) is 0 Å². The van der Waals surface area contributed by atoms with E-state index in [1.165, 1.54) is 19.3 Å². The van der Waals surface area contributed by atoms with Crippen LogP contribution in [-0.2, 0) is 4.43 Å². The molecule has 0 saturated carbocycles. The van der Waals surface area contributed by atoms with Crippen molar-refractivity contribution >= 4 is 33.5 Å². The average molecular weight is 246 g/mol. The van der Waals surface area contributed by atoms with Crippen LogP contribution in [0.1, 0.15) is 32.1 Å². The minimum atomic E-state index is 0. The van der Waals surface area contributed by atoms with Crippen molar-refractivity contribution in [2.24, 2.45) is 0 Å². The molecule has 11 heavy (non-hydrogen) atoms. The summed E-state index contributed by atoms with van der Waals surface area (Å²) < 4.78 is 4.71. The molecular formula is C7H14BrMgOSi. The zero-order valence-corrected chi connectivity index (χ0v) is 10.9. The molecule has 0 aliphatic heterocycles. The van der Waals surface area contributed by atoms with Gasteiger partial charge in [0.05, 0.1) is 0 Å². The van der Waals surface area contributed by atoms with Crippen molar-refractivity contribution in [3.63, 3.8) is 0 Å². The Bertz CT molecular complexity index is 51.7. The quantitative estimate of drug-likeness (QED) is 0.315. The maximum atomic E-state index is 4.71. The Balaban J connectivity index is -0.000000320. The van der Waals surface area contributed by atoms with Crippen molar-refractivity contribution in [2.75, 3.05) is 6.61 Å². The molecule has 61 valence electrons. The second-order valence-corrected chi connectivity index (χ2v) is 2.40. The summed E-state index contributed by atoms with van der Waals surface area (Å²) in [6.45, 7) is 4.59. The fourth-order valence-corrected chi connectivity index (χ4v) is 0.849. The van der Waals surface area contributed by atoms with E-state index in [0.29, 0.717) is 0 Å². The number of unbranched alkanes of at least 4 members (excludes halogenated alkanes) is 4. The zero-order valence-electron chi connectivity index (χ0n) is 6.94. The Labute approximate surface area is 100 Å². The Kier molecular flexibility index (Phi) is 29.0. The molecule has 0 aromatic heterocycles. The Hall–Kier alpha value is 1.42. The van der Waals surface area contributed by atoms with Gasteiger partial charge in [-0.2, -0.15) is 6.42 Å². The monoisotopic (exact) mass is 245 g/mol. The van der Waals surface area contributed by atoms with Gasteiger partial charge in [-0.05, 0) is 6.42 Å². The molecule has 0 unspecified atom stereocenters. The van der Waals surface area contributed by atoms with Crippen LogP contribution in [0, 0.1) is 6.92 Å². The van der Waals surface area contributed by atoms with Crippen molar-refractivity contribution in [3.05, 3.63) is 6.92 Å². The summed E-state index contributed by atoms with van der Waals surface area (Å²) in [7, 11) is 2.95. The second kappa shape index (κ2) is 17.5. The Morgan fingerprint density at radius 2 is 1.64 bits per heavy atom. The van der Waals surface area contributed by atoms with Crippen LogP contribution in [0.5, 0.6) is 0 Å². The number of hydrogen-bond donors (Lipinski definition) is 0. The van der Waals surface area contributed by atoms with Gasteiger partial charge in [-0.3, -0.25) is 0 Å².